The minimum atomic E-state index is -0.715. The van der Waals surface area contributed by atoms with Gasteiger partial charge in [0.05, 0.1) is 0 Å². The van der Waals surface area contributed by atoms with E-state index in [9.17, 15) is 4.39 Å². The van der Waals surface area contributed by atoms with Gasteiger partial charge in [0.15, 0.2) is 0 Å². The number of halogens is 2. The largest absolute Gasteiger partial charge is 0.242 e. The first kappa shape index (κ1) is 6.35. The lowest BCUT2D eigenvalue weighted by Gasteiger charge is -2.23. The summed E-state index contributed by atoms with van der Waals surface area (Å²) in [4.78, 5) is 0. The molecule has 0 saturated carbocycles. The van der Waals surface area contributed by atoms with Crippen LogP contribution in [0.1, 0.15) is 17.3 Å². The average Bonchev–Trinajstić information content (AvgIpc) is 1.92. The number of hydrogen-bond acceptors (Lipinski definition) is 0. The molecule has 0 aliphatic heterocycles. The predicted molar refractivity (Wildman–Crippen MR) is 41.7 cm³/mol. The van der Waals surface area contributed by atoms with Crippen LogP contribution in [0.3, 0.4) is 0 Å². The molecule has 0 fully saturated rings. The molecule has 0 nitrogen and oxygen atoms in total. The summed E-state index contributed by atoms with van der Waals surface area (Å²) in [7, 11) is 0. The number of alkyl halides is 1. The monoisotopic (exact) mass is 200 g/mol. The van der Waals surface area contributed by atoms with Crippen molar-refractivity contribution in [2.75, 3.05) is 0 Å². The summed E-state index contributed by atoms with van der Waals surface area (Å²) in [5.41, 5.74) is 2.00. The van der Waals surface area contributed by atoms with Gasteiger partial charge in [0, 0.05) is 10.9 Å². The normalized spacial score (nSPS) is 21.6. The lowest BCUT2D eigenvalue weighted by Crippen LogP contribution is -2.11. The molecule has 1 aromatic rings. The van der Waals surface area contributed by atoms with Crippen molar-refractivity contribution in [2.45, 2.75) is 12.6 Å². The Kier molecular flexibility index (Phi) is 1.31. The van der Waals surface area contributed by atoms with E-state index in [2.05, 4.69) is 15.9 Å². The van der Waals surface area contributed by atoms with Crippen molar-refractivity contribution in [1.82, 2.24) is 0 Å². The van der Waals surface area contributed by atoms with Crippen molar-refractivity contribution in [1.29, 1.82) is 0 Å². The topological polar surface area (TPSA) is 0 Å². The van der Waals surface area contributed by atoms with E-state index in [1.165, 1.54) is 0 Å². The maximum Gasteiger partial charge on any atom is 0.129 e. The molecule has 2 rings (SSSR count). The Labute approximate surface area is 67.2 Å². The first-order chi connectivity index (χ1) is 4.77. The lowest BCUT2D eigenvalue weighted by atomic mass is 9.87. The van der Waals surface area contributed by atoms with Crippen molar-refractivity contribution in [2.24, 2.45) is 0 Å². The third-order valence-electron chi connectivity index (χ3n) is 1.84. The predicted octanol–water partition coefficient (Wildman–Crippen LogP) is 3.02. The molecule has 0 radical (unpaired) electrons. The van der Waals surface area contributed by atoms with Crippen molar-refractivity contribution in [3.05, 3.63) is 33.8 Å². The Morgan fingerprint density at radius 2 is 2.30 bits per heavy atom. The van der Waals surface area contributed by atoms with Crippen LogP contribution in [0.25, 0.3) is 0 Å². The lowest BCUT2D eigenvalue weighted by molar-refractivity contribution is 0.306. The van der Waals surface area contributed by atoms with Gasteiger partial charge in [0.2, 0.25) is 0 Å². The highest BCUT2D eigenvalue weighted by molar-refractivity contribution is 9.10. The first-order valence-electron chi connectivity index (χ1n) is 3.20. The molecule has 0 heterocycles. The summed E-state index contributed by atoms with van der Waals surface area (Å²) < 4.78 is 13.6. The molecule has 0 amide bonds. The summed E-state index contributed by atoms with van der Waals surface area (Å²) in [6.45, 7) is 0. The summed E-state index contributed by atoms with van der Waals surface area (Å²) in [6, 6.07) is 5.77. The highest BCUT2D eigenvalue weighted by Crippen LogP contribution is 2.37. The fourth-order valence-corrected chi connectivity index (χ4v) is 1.59. The van der Waals surface area contributed by atoms with Crippen LogP contribution in [0.2, 0.25) is 0 Å². The molecule has 0 spiro atoms. The molecule has 1 aliphatic carbocycles. The Morgan fingerprint density at radius 3 is 2.90 bits per heavy atom. The van der Waals surface area contributed by atoms with Crippen LogP contribution >= 0.6 is 15.9 Å². The summed E-state index contributed by atoms with van der Waals surface area (Å²) in [5, 5.41) is 0. The second-order valence-corrected chi connectivity index (χ2v) is 3.43. The Hall–Kier alpha value is -0.370. The molecule has 1 aromatic carbocycles. The van der Waals surface area contributed by atoms with Crippen LogP contribution in [-0.4, -0.2) is 0 Å². The van der Waals surface area contributed by atoms with Crippen LogP contribution in [0.15, 0.2) is 22.7 Å². The third-order valence-corrected chi connectivity index (χ3v) is 2.34. The minimum Gasteiger partial charge on any atom is -0.242 e. The minimum absolute atomic E-state index is 0.600. The maximum absolute atomic E-state index is 12.7. The van der Waals surface area contributed by atoms with Crippen LogP contribution in [0, 0.1) is 0 Å². The van der Waals surface area contributed by atoms with Gasteiger partial charge in [-0.3, -0.25) is 0 Å². The molecule has 1 atom stereocenters. The van der Waals surface area contributed by atoms with Gasteiger partial charge in [-0.15, -0.1) is 0 Å². The van der Waals surface area contributed by atoms with Crippen LogP contribution in [-0.2, 0) is 6.42 Å². The molecule has 2 heteroatoms. The Balaban J connectivity index is 2.51. The van der Waals surface area contributed by atoms with Gasteiger partial charge in [0.1, 0.15) is 6.17 Å². The van der Waals surface area contributed by atoms with Gasteiger partial charge >= 0.3 is 0 Å². The second-order valence-electron chi connectivity index (χ2n) is 2.51. The first-order valence-corrected chi connectivity index (χ1v) is 3.99. The highest BCUT2D eigenvalue weighted by Gasteiger charge is 2.24. The molecule has 0 aromatic heterocycles. The number of benzene rings is 1. The highest BCUT2D eigenvalue weighted by atomic mass is 79.9. The zero-order valence-corrected chi connectivity index (χ0v) is 6.86. The molecular weight excluding hydrogens is 195 g/mol. The SMILES string of the molecule is F[C@H]1Cc2ccc(Br)cc21. The quantitative estimate of drug-likeness (QED) is 0.605. The molecule has 0 saturated heterocycles. The number of rotatable bonds is 0. The number of fused-ring (bicyclic) bond motifs is 1. The summed E-state index contributed by atoms with van der Waals surface area (Å²) >= 11 is 3.29. The van der Waals surface area contributed by atoms with Gasteiger partial charge in [-0.25, -0.2) is 4.39 Å². The fourth-order valence-electron chi connectivity index (χ4n) is 1.22. The Morgan fingerprint density at radius 1 is 1.50 bits per heavy atom. The fraction of sp³-hybridized carbons (Fsp3) is 0.250. The van der Waals surface area contributed by atoms with Gasteiger partial charge in [0.25, 0.3) is 0 Å². The van der Waals surface area contributed by atoms with Crippen LogP contribution in [0.5, 0.6) is 0 Å². The van der Waals surface area contributed by atoms with E-state index in [1.54, 1.807) is 0 Å². The summed E-state index contributed by atoms with van der Waals surface area (Å²) in [6.07, 6.45) is -0.115. The van der Waals surface area contributed by atoms with E-state index >= 15 is 0 Å². The van der Waals surface area contributed by atoms with E-state index in [-0.39, 0.29) is 0 Å². The second kappa shape index (κ2) is 2.06. The molecule has 1 aliphatic rings. The molecule has 0 bridgehead atoms. The molecular formula is C8H6BrF. The molecule has 10 heavy (non-hydrogen) atoms. The standard InChI is InChI=1S/C8H6BrF/c9-6-2-1-5-3-8(10)7(5)4-6/h1-2,4,8H,3H2/t8-/m0/s1. The van der Waals surface area contributed by atoms with Gasteiger partial charge < -0.3 is 0 Å². The molecule has 0 unspecified atom stereocenters. The zero-order valence-electron chi connectivity index (χ0n) is 5.27. The molecule has 52 valence electrons. The van der Waals surface area contributed by atoms with E-state index in [0.717, 1.165) is 15.6 Å². The van der Waals surface area contributed by atoms with E-state index in [1.807, 2.05) is 18.2 Å². The Bertz CT molecular complexity index is 270. The van der Waals surface area contributed by atoms with Gasteiger partial charge in [-0.2, -0.15) is 0 Å². The maximum atomic E-state index is 12.7. The zero-order chi connectivity index (χ0) is 7.14. The van der Waals surface area contributed by atoms with E-state index in [0.29, 0.717) is 6.42 Å². The van der Waals surface area contributed by atoms with Crippen molar-refractivity contribution < 1.29 is 4.39 Å². The van der Waals surface area contributed by atoms with Crippen molar-refractivity contribution >= 4 is 15.9 Å². The average molecular weight is 201 g/mol. The number of hydrogen-bond donors (Lipinski definition) is 0. The van der Waals surface area contributed by atoms with Crippen molar-refractivity contribution in [3.8, 4) is 0 Å². The van der Waals surface area contributed by atoms with Gasteiger partial charge in [-0.1, -0.05) is 22.0 Å². The van der Waals surface area contributed by atoms with Gasteiger partial charge in [-0.05, 0) is 23.3 Å². The summed E-state index contributed by atoms with van der Waals surface area (Å²) in [5.74, 6) is 0. The molecule has 0 N–H and O–H groups in total. The smallest absolute Gasteiger partial charge is 0.129 e. The van der Waals surface area contributed by atoms with Crippen LogP contribution in [0.4, 0.5) is 4.39 Å². The van der Waals surface area contributed by atoms with Crippen LogP contribution < -0.4 is 0 Å². The third kappa shape index (κ3) is 0.788. The van der Waals surface area contributed by atoms with E-state index < -0.39 is 6.17 Å². The van der Waals surface area contributed by atoms with Crippen molar-refractivity contribution in [3.63, 3.8) is 0 Å². The van der Waals surface area contributed by atoms with E-state index in [4.69, 9.17) is 0 Å².